The predicted octanol–water partition coefficient (Wildman–Crippen LogP) is 1.42. The zero-order valence-electron chi connectivity index (χ0n) is 13.1. The van der Waals surface area contributed by atoms with Crippen molar-refractivity contribution >= 4 is 15.9 Å². The molecule has 0 aromatic heterocycles. The Labute approximate surface area is 136 Å². The van der Waals surface area contributed by atoms with E-state index in [-0.39, 0.29) is 23.6 Å². The van der Waals surface area contributed by atoms with Crippen LogP contribution in [0.1, 0.15) is 24.3 Å². The first-order valence-electron chi connectivity index (χ1n) is 7.85. The first-order chi connectivity index (χ1) is 10.9. The van der Waals surface area contributed by atoms with Crippen LogP contribution in [0.5, 0.6) is 0 Å². The summed E-state index contributed by atoms with van der Waals surface area (Å²) >= 11 is 0. The summed E-state index contributed by atoms with van der Waals surface area (Å²) in [6, 6.07) is 6.32. The molecular weight excluding hydrogens is 319 g/mol. The van der Waals surface area contributed by atoms with Crippen molar-refractivity contribution in [3.05, 3.63) is 35.6 Å². The van der Waals surface area contributed by atoms with Crippen LogP contribution in [0.25, 0.3) is 0 Å². The molecule has 1 saturated heterocycles. The van der Waals surface area contributed by atoms with Crippen molar-refractivity contribution in [2.45, 2.75) is 18.8 Å². The van der Waals surface area contributed by atoms with Gasteiger partial charge in [-0.05, 0) is 36.5 Å². The van der Waals surface area contributed by atoms with Crippen molar-refractivity contribution < 1.29 is 17.6 Å². The summed E-state index contributed by atoms with van der Waals surface area (Å²) < 4.78 is 37.6. The molecule has 1 aromatic carbocycles. The molecule has 0 radical (unpaired) electrons. The highest BCUT2D eigenvalue weighted by atomic mass is 32.2. The van der Waals surface area contributed by atoms with Crippen LogP contribution in [0.2, 0.25) is 0 Å². The van der Waals surface area contributed by atoms with Crippen molar-refractivity contribution in [2.75, 3.05) is 32.4 Å². The number of nitrogens with zero attached hydrogens (tertiary/aromatic N) is 2. The molecule has 3 rings (SSSR count). The van der Waals surface area contributed by atoms with E-state index < -0.39 is 10.0 Å². The fourth-order valence-corrected chi connectivity index (χ4v) is 4.10. The molecule has 0 spiro atoms. The van der Waals surface area contributed by atoms with Crippen molar-refractivity contribution in [1.29, 1.82) is 0 Å². The van der Waals surface area contributed by atoms with E-state index in [1.54, 1.807) is 17.0 Å². The molecule has 1 aromatic rings. The molecule has 2 fully saturated rings. The number of benzene rings is 1. The van der Waals surface area contributed by atoms with Gasteiger partial charge in [0.05, 0.1) is 6.26 Å². The van der Waals surface area contributed by atoms with Gasteiger partial charge in [0.25, 0.3) is 0 Å². The van der Waals surface area contributed by atoms with Gasteiger partial charge in [0.1, 0.15) is 5.82 Å². The molecule has 1 saturated carbocycles. The van der Waals surface area contributed by atoms with Crippen LogP contribution in [0.15, 0.2) is 24.3 Å². The van der Waals surface area contributed by atoms with Gasteiger partial charge in [0, 0.05) is 32.1 Å². The van der Waals surface area contributed by atoms with Crippen LogP contribution in [0.4, 0.5) is 4.39 Å². The minimum atomic E-state index is -3.20. The minimum absolute atomic E-state index is 0.0507. The molecule has 7 heteroatoms. The lowest BCUT2D eigenvalue weighted by Crippen LogP contribution is -2.37. The maximum Gasteiger partial charge on any atom is 0.226 e. The summed E-state index contributed by atoms with van der Waals surface area (Å²) in [5.74, 6) is -0.0667. The van der Waals surface area contributed by atoms with Crippen molar-refractivity contribution in [1.82, 2.24) is 9.21 Å². The number of carbonyl (C=O) groups is 1. The van der Waals surface area contributed by atoms with Crippen LogP contribution < -0.4 is 0 Å². The predicted molar refractivity (Wildman–Crippen MR) is 84.9 cm³/mol. The Balaban J connectivity index is 1.60. The van der Waals surface area contributed by atoms with Crippen LogP contribution in [0, 0.1) is 11.7 Å². The van der Waals surface area contributed by atoms with Crippen molar-refractivity contribution in [3.63, 3.8) is 0 Å². The average molecular weight is 340 g/mol. The summed E-state index contributed by atoms with van der Waals surface area (Å²) in [7, 11) is -3.20. The van der Waals surface area contributed by atoms with Gasteiger partial charge in [-0.15, -0.1) is 0 Å². The lowest BCUT2D eigenvalue weighted by Gasteiger charge is -2.21. The third-order valence-electron chi connectivity index (χ3n) is 4.64. The molecule has 2 unspecified atom stereocenters. The molecule has 1 aliphatic carbocycles. The maximum atomic E-state index is 13.0. The lowest BCUT2D eigenvalue weighted by molar-refractivity contribution is -0.132. The summed E-state index contributed by atoms with van der Waals surface area (Å²) in [5, 5.41) is 0. The summed E-state index contributed by atoms with van der Waals surface area (Å²) in [6.45, 7) is 1.86. The fraction of sp³-hybridized carbons (Fsp3) is 0.562. The number of amides is 1. The van der Waals surface area contributed by atoms with E-state index in [9.17, 15) is 17.6 Å². The van der Waals surface area contributed by atoms with E-state index >= 15 is 0 Å². The smallest absolute Gasteiger partial charge is 0.226 e. The van der Waals surface area contributed by atoms with Gasteiger partial charge in [-0.25, -0.2) is 17.1 Å². The van der Waals surface area contributed by atoms with Gasteiger partial charge >= 0.3 is 0 Å². The standard InChI is InChI=1S/C16H21FN2O3S/c1-23(21,22)19-8-2-7-18(9-10-19)16(20)15-11-14(15)12-3-5-13(17)6-4-12/h3-6,14-15H,2,7-11H2,1H3. The van der Waals surface area contributed by atoms with Crippen LogP contribution >= 0.6 is 0 Å². The van der Waals surface area contributed by atoms with E-state index in [0.29, 0.717) is 32.6 Å². The maximum absolute atomic E-state index is 13.0. The van der Waals surface area contributed by atoms with Gasteiger partial charge in [-0.1, -0.05) is 12.1 Å². The zero-order chi connectivity index (χ0) is 16.6. The van der Waals surface area contributed by atoms with E-state index in [4.69, 9.17) is 0 Å². The fourth-order valence-electron chi connectivity index (χ4n) is 3.23. The Bertz CT molecular complexity index is 690. The highest BCUT2D eigenvalue weighted by molar-refractivity contribution is 7.88. The molecular formula is C16H21FN2O3S. The van der Waals surface area contributed by atoms with E-state index in [1.165, 1.54) is 22.7 Å². The van der Waals surface area contributed by atoms with E-state index in [0.717, 1.165) is 12.0 Å². The van der Waals surface area contributed by atoms with Crippen molar-refractivity contribution in [2.24, 2.45) is 5.92 Å². The van der Waals surface area contributed by atoms with Crippen LogP contribution in [-0.2, 0) is 14.8 Å². The monoisotopic (exact) mass is 340 g/mol. The highest BCUT2D eigenvalue weighted by Crippen LogP contribution is 2.48. The number of hydrogen-bond acceptors (Lipinski definition) is 3. The van der Waals surface area contributed by atoms with Crippen LogP contribution in [0.3, 0.4) is 0 Å². The second-order valence-corrected chi connectivity index (χ2v) is 8.32. The first-order valence-corrected chi connectivity index (χ1v) is 9.70. The summed E-state index contributed by atoms with van der Waals surface area (Å²) in [4.78, 5) is 14.4. The third kappa shape index (κ3) is 3.72. The molecule has 0 bridgehead atoms. The average Bonchev–Trinajstić information content (AvgIpc) is 3.30. The Morgan fingerprint density at radius 1 is 1.13 bits per heavy atom. The normalized spacial score (nSPS) is 25.9. The largest absolute Gasteiger partial charge is 0.341 e. The number of carbonyl (C=O) groups excluding carboxylic acids is 1. The lowest BCUT2D eigenvalue weighted by atomic mass is 10.1. The molecule has 2 atom stereocenters. The first kappa shape index (κ1) is 16.4. The molecule has 23 heavy (non-hydrogen) atoms. The summed E-state index contributed by atoms with van der Waals surface area (Å²) in [5.41, 5.74) is 0.998. The van der Waals surface area contributed by atoms with E-state index in [2.05, 4.69) is 0 Å². The number of sulfonamides is 1. The number of halogens is 1. The molecule has 1 heterocycles. The quantitative estimate of drug-likeness (QED) is 0.836. The van der Waals surface area contributed by atoms with Gasteiger partial charge in [0.15, 0.2) is 0 Å². The topological polar surface area (TPSA) is 57.7 Å². The Hall–Kier alpha value is -1.47. The second-order valence-electron chi connectivity index (χ2n) is 6.34. The van der Waals surface area contributed by atoms with Gasteiger partial charge < -0.3 is 4.90 Å². The zero-order valence-corrected chi connectivity index (χ0v) is 13.9. The molecule has 5 nitrogen and oxygen atoms in total. The number of hydrogen-bond donors (Lipinski definition) is 0. The third-order valence-corrected chi connectivity index (χ3v) is 5.94. The Kier molecular flexibility index (Phi) is 4.42. The van der Waals surface area contributed by atoms with E-state index in [1.807, 2.05) is 0 Å². The Morgan fingerprint density at radius 3 is 2.48 bits per heavy atom. The van der Waals surface area contributed by atoms with Gasteiger partial charge in [-0.2, -0.15) is 0 Å². The minimum Gasteiger partial charge on any atom is -0.341 e. The molecule has 1 aliphatic heterocycles. The molecule has 126 valence electrons. The second kappa shape index (κ2) is 6.20. The number of rotatable bonds is 3. The van der Waals surface area contributed by atoms with Gasteiger partial charge in [-0.3, -0.25) is 4.79 Å². The molecule has 0 N–H and O–H groups in total. The Morgan fingerprint density at radius 2 is 1.83 bits per heavy atom. The van der Waals surface area contributed by atoms with Gasteiger partial charge in [0.2, 0.25) is 15.9 Å². The highest BCUT2D eigenvalue weighted by Gasteiger charge is 2.45. The summed E-state index contributed by atoms with van der Waals surface area (Å²) in [6.07, 6.45) is 2.65. The molecule has 1 amide bonds. The van der Waals surface area contributed by atoms with Crippen LogP contribution in [-0.4, -0.2) is 56.0 Å². The molecule has 2 aliphatic rings. The SMILES string of the molecule is CS(=O)(=O)N1CCCN(C(=O)C2CC2c2ccc(F)cc2)CC1. The van der Waals surface area contributed by atoms with Crippen molar-refractivity contribution in [3.8, 4) is 0 Å².